The number of carbonyl (C=O) groups is 1. The minimum absolute atomic E-state index is 0.00180. The van der Waals surface area contributed by atoms with E-state index in [-0.39, 0.29) is 29.8 Å². The molecule has 0 aliphatic carbocycles. The summed E-state index contributed by atoms with van der Waals surface area (Å²) in [5.41, 5.74) is 3.40. The molecule has 1 unspecified atom stereocenters. The van der Waals surface area contributed by atoms with Crippen LogP contribution in [0.1, 0.15) is 42.9 Å². The molecule has 228 valence electrons. The number of hydrogen-bond donors (Lipinski definition) is 0. The maximum absolute atomic E-state index is 13.0. The molecule has 0 N–H and O–H groups in total. The van der Waals surface area contributed by atoms with Crippen molar-refractivity contribution in [3.63, 3.8) is 0 Å². The van der Waals surface area contributed by atoms with Crippen LogP contribution in [0.3, 0.4) is 0 Å². The van der Waals surface area contributed by atoms with Crippen molar-refractivity contribution in [2.75, 3.05) is 39.8 Å². The van der Waals surface area contributed by atoms with Crippen molar-refractivity contribution < 1.29 is 14.5 Å². The molecule has 43 heavy (non-hydrogen) atoms. The highest BCUT2D eigenvalue weighted by Crippen LogP contribution is 2.30. The van der Waals surface area contributed by atoms with Gasteiger partial charge >= 0.3 is 6.09 Å². The van der Waals surface area contributed by atoms with E-state index in [1.165, 1.54) is 23.3 Å². The number of rotatable bonds is 14. The van der Waals surface area contributed by atoms with Gasteiger partial charge in [-0.25, -0.2) is 4.79 Å². The Morgan fingerprint density at radius 2 is 1.65 bits per heavy atom. The predicted octanol–water partition coefficient (Wildman–Crippen LogP) is 6.66. The van der Waals surface area contributed by atoms with Crippen LogP contribution in [0.15, 0.2) is 97.6 Å². The molecule has 0 spiro atoms. The van der Waals surface area contributed by atoms with E-state index in [1.54, 1.807) is 23.1 Å². The molecule has 8 heteroatoms. The fourth-order valence-electron chi connectivity index (χ4n) is 6.02. The van der Waals surface area contributed by atoms with Crippen molar-refractivity contribution in [2.24, 2.45) is 0 Å². The number of hydrogen-bond acceptors (Lipinski definition) is 6. The number of carbonyl (C=O) groups excluding carboxylic acids is 1. The molecule has 3 aromatic carbocycles. The minimum atomic E-state index is -0.444. The molecule has 0 bridgehead atoms. The molecular weight excluding hydrogens is 540 g/mol. The number of nitrogens with zero attached hydrogens (tertiary/aromatic N) is 4. The number of piperidine rings is 1. The summed E-state index contributed by atoms with van der Waals surface area (Å²) in [6.07, 6.45) is 4.13. The zero-order valence-corrected chi connectivity index (χ0v) is 25.4. The van der Waals surface area contributed by atoms with E-state index in [4.69, 9.17) is 4.74 Å². The van der Waals surface area contributed by atoms with Crippen LogP contribution in [-0.4, -0.2) is 71.5 Å². The van der Waals surface area contributed by atoms with Crippen LogP contribution in [0, 0.1) is 10.1 Å². The summed E-state index contributed by atoms with van der Waals surface area (Å²) in [7, 11) is 2.20. The van der Waals surface area contributed by atoms with Crippen LogP contribution in [0.4, 0.5) is 10.5 Å². The van der Waals surface area contributed by atoms with Crippen molar-refractivity contribution >= 4 is 11.8 Å². The molecule has 1 aliphatic rings. The first-order valence-electron chi connectivity index (χ1n) is 15.1. The average Bonchev–Trinajstić information content (AvgIpc) is 3.03. The Morgan fingerprint density at radius 1 is 1.02 bits per heavy atom. The van der Waals surface area contributed by atoms with E-state index in [0.717, 1.165) is 52.0 Å². The van der Waals surface area contributed by atoms with Crippen molar-refractivity contribution in [1.29, 1.82) is 0 Å². The van der Waals surface area contributed by atoms with Crippen LogP contribution in [-0.2, 0) is 23.3 Å². The van der Waals surface area contributed by atoms with Gasteiger partial charge in [0.1, 0.15) is 6.61 Å². The predicted molar refractivity (Wildman–Crippen MR) is 171 cm³/mol. The Bertz CT molecular complexity index is 1310. The van der Waals surface area contributed by atoms with Gasteiger partial charge in [-0.1, -0.05) is 73.7 Å². The number of likely N-dealkylation sites (N-methyl/N-ethyl adjacent to an activating group) is 1. The van der Waals surface area contributed by atoms with Gasteiger partial charge < -0.3 is 19.4 Å². The highest BCUT2D eigenvalue weighted by Gasteiger charge is 2.32. The molecule has 1 amide bonds. The number of non-ortho nitro benzene ring substituents is 1. The van der Waals surface area contributed by atoms with Crippen LogP contribution >= 0.6 is 0 Å². The third-order valence-corrected chi connectivity index (χ3v) is 8.43. The first-order chi connectivity index (χ1) is 20.8. The van der Waals surface area contributed by atoms with E-state index >= 15 is 0 Å². The van der Waals surface area contributed by atoms with E-state index in [2.05, 4.69) is 91.0 Å². The summed E-state index contributed by atoms with van der Waals surface area (Å²) in [4.78, 5) is 30.2. The van der Waals surface area contributed by atoms with Gasteiger partial charge in [0, 0.05) is 56.3 Å². The van der Waals surface area contributed by atoms with Crippen molar-refractivity contribution in [3.8, 4) is 0 Å². The molecule has 0 radical (unpaired) electrons. The van der Waals surface area contributed by atoms with Crippen molar-refractivity contribution in [3.05, 3.63) is 124 Å². The van der Waals surface area contributed by atoms with Crippen LogP contribution in [0.25, 0.3) is 0 Å². The van der Waals surface area contributed by atoms with Gasteiger partial charge in [-0.15, -0.1) is 6.58 Å². The zero-order chi connectivity index (χ0) is 30.7. The van der Waals surface area contributed by atoms with Crippen molar-refractivity contribution in [1.82, 2.24) is 14.7 Å². The maximum atomic E-state index is 13.0. The molecule has 1 fully saturated rings. The summed E-state index contributed by atoms with van der Waals surface area (Å²) < 4.78 is 5.59. The number of likely N-dealkylation sites (tertiary alicyclic amines) is 1. The summed E-state index contributed by atoms with van der Waals surface area (Å²) in [5, 5.41) is 10.9. The average molecular weight is 585 g/mol. The molecule has 0 aromatic heterocycles. The molecule has 1 heterocycles. The second-order valence-corrected chi connectivity index (χ2v) is 11.8. The lowest BCUT2D eigenvalue weighted by molar-refractivity contribution is -0.384. The monoisotopic (exact) mass is 584 g/mol. The van der Waals surface area contributed by atoms with Crippen LogP contribution in [0.2, 0.25) is 0 Å². The molecule has 1 aliphatic heterocycles. The molecule has 3 aromatic rings. The highest BCUT2D eigenvalue weighted by atomic mass is 16.6. The quantitative estimate of drug-likeness (QED) is 0.120. The zero-order valence-electron chi connectivity index (χ0n) is 25.4. The lowest BCUT2D eigenvalue weighted by atomic mass is 9.78. The van der Waals surface area contributed by atoms with Crippen molar-refractivity contribution in [2.45, 2.75) is 50.8 Å². The van der Waals surface area contributed by atoms with Gasteiger partial charge in [-0.2, -0.15) is 0 Å². The molecular formula is C35H44N4O4. The molecule has 4 rings (SSSR count). The molecule has 8 nitrogen and oxygen atoms in total. The summed E-state index contributed by atoms with van der Waals surface area (Å²) in [5.74, 6) is 0. The molecule has 1 atom stereocenters. The third-order valence-electron chi connectivity index (χ3n) is 8.43. The topological polar surface area (TPSA) is 79.2 Å². The fourth-order valence-corrected chi connectivity index (χ4v) is 6.02. The van der Waals surface area contributed by atoms with Gasteiger partial charge in [-0.3, -0.25) is 10.1 Å². The van der Waals surface area contributed by atoms with E-state index < -0.39 is 4.92 Å². The first kappa shape index (κ1) is 31.9. The lowest BCUT2D eigenvalue weighted by Crippen LogP contribution is -2.48. The number of nitro benzene ring substituents is 1. The molecule has 1 saturated heterocycles. The normalized spacial score (nSPS) is 15.5. The standard InChI is InChI=1S/C35H44N4O4/c1-4-22-38(34(40)43-27-30-15-17-33(18-16-30)39(41)42)32-19-23-37(24-20-32)25-21-35(2,31-13-9-6-10-14-31)28-36(3)26-29-11-7-5-8-12-29/h4-18,32H,1,19-28H2,2-3H3. The maximum Gasteiger partial charge on any atom is 0.410 e. The SMILES string of the molecule is C=CCN(C(=O)OCc1ccc([N+](=O)[O-])cc1)C1CCN(CCC(C)(CN(C)Cc2ccccc2)c2ccccc2)CC1. The summed E-state index contributed by atoms with van der Waals surface area (Å²) >= 11 is 0. The fraction of sp³-hybridized carbons (Fsp3) is 0.400. The largest absolute Gasteiger partial charge is 0.445 e. The van der Waals surface area contributed by atoms with Gasteiger partial charge in [0.2, 0.25) is 0 Å². The molecule has 0 saturated carbocycles. The smallest absolute Gasteiger partial charge is 0.410 e. The summed E-state index contributed by atoms with van der Waals surface area (Å²) in [6, 6.07) is 27.6. The van der Waals surface area contributed by atoms with Gasteiger partial charge in [0.05, 0.1) is 4.92 Å². The highest BCUT2D eigenvalue weighted by molar-refractivity contribution is 5.68. The third kappa shape index (κ3) is 9.24. The van der Waals surface area contributed by atoms with E-state index in [1.807, 2.05) is 0 Å². The Kier molecular flexibility index (Phi) is 11.5. The van der Waals surface area contributed by atoms with E-state index in [9.17, 15) is 14.9 Å². The second-order valence-electron chi connectivity index (χ2n) is 11.8. The Balaban J connectivity index is 1.31. The van der Waals surface area contributed by atoms with Gasteiger partial charge in [0.25, 0.3) is 5.69 Å². The first-order valence-corrected chi connectivity index (χ1v) is 15.1. The summed E-state index contributed by atoms with van der Waals surface area (Å²) in [6.45, 7) is 11.4. The van der Waals surface area contributed by atoms with Gasteiger partial charge in [0.15, 0.2) is 0 Å². The minimum Gasteiger partial charge on any atom is -0.445 e. The van der Waals surface area contributed by atoms with Crippen LogP contribution in [0.5, 0.6) is 0 Å². The number of benzene rings is 3. The Morgan fingerprint density at radius 3 is 2.26 bits per heavy atom. The van der Waals surface area contributed by atoms with E-state index in [0.29, 0.717) is 12.1 Å². The lowest BCUT2D eigenvalue weighted by Gasteiger charge is -2.40. The number of amides is 1. The number of ether oxygens (including phenoxy) is 1. The van der Waals surface area contributed by atoms with Gasteiger partial charge in [-0.05, 0) is 61.7 Å². The number of nitro groups is 1. The Labute approximate surface area is 255 Å². The van der Waals surface area contributed by atoms with Crippen LogP contribution < -0.4 is 0 Å². The Hall–Kier alpha value is -4.01. The second kappa shape index (κ2) is 15.5.